The van der Waals surface area contributed by atoms with Crippen molar-refractivity contribution in [3.63, 3.8) is 0 Å². The second-order valence-corrected chi connectivity index (χ2v) is 4.88. The van der Waals surface area contributed by atoms with Crippen molar-refractivity contribution in [3.8, 4) is 0 Å². The number of unbranched alkanes of at least 4 members (excludes halogenated alkanes) is 1. The van der Waals surface area contributed by atoms with Gasteiger partial charge in [0.15, 0.2) is 5.82 Å². The lowest BCUT2D eigenvalue weighted by atomic mass is 10.2. The standard InChI is InChI=1S/C15H21N3O2/c1-3-4-8-14-17-15(20-18-14)11(2)16-13-7-5-6-12(9-13)10-19/h5-7,9,11,16,19H,3-4,8,10H2,1-2H3. The van der Waals surface area contributed by atoms with Crippen LogP contribution in [0.1, 0.15) is 50.0 Å². The first-order chi connectivity index (χ1) is 9.72. The van der Waals surface area contributed by atoms with Crippen molar-refractivity contribution in [1.29, 1.82) is 0 Å². The Morgan fingerprint density at radius 3 is 3.00 bits per heavy atom. The molecule has 108 valence electrons. The predicted octanol–water partition coefficient (Wildman–Crippen LogP) is 3.08. The van der Waals surface area contributed by atoms with Crippen LogP contribution in [-0.2, 0) is 13.0 Å². The van der Waals surface area contributed by atoms with Crippen molar-refractivity contribution < 1.29 is 9.63 Å². The summed E-state index contributed by atoms with van der Waals surface area (Å²) in [6.45, 7) is 4.15. The number of aliphatic hydroxyl groups excluding tert-OH is 1. The van der Waals surface area contributed by atoms with E-state index < -0.39 is 0 Å². The summed E-state index contributed by atoms with van der Waals surface area (Å²) in [6.07, 6.45) is 3.04. The Morgan fingerprint density at radius 1 is 1.40 bits per heavy atom. The van der Waals surface area contributed by atoms with Crippen LogP contribution in [-0.4, -0.2) is 15.2 Å². The van der Waals surface area contributed by atoms with Gasteiger partial charge in [0.1, 0.15) is 6.04 Å². The van der Waals surface area contributed by atoms with Gasteiger partial charge in [0, 0.05) is 12.1 Å². The third-order valence-corrected chi connectivity index (χ3v) is 3.10. The lowest BCUT2D eigenvalue weighted by molar-refractivity contribution is 0.282. The van der Waals surface area contributed by atoms with Gasteiger partial charge in [-0.1, -0.05) is 30.6 Å². The van der Waals surface area contributed by atoms with E-state index >= 15 is 0 Å². The smallest absolute Gasteiger partial charge is 0.248 e. The van der Waals surface area contributed by atoms with E-state index in [2.05, 4.69) is 22.4 Å². The quantitative estimate of drug-likeness (QED) is 0.812. The SMILES string of the molecule is CCCCc1noc(C(C)Nc2cccc(CO)c2)n1. The highest BCUT2D eigenvalue weighted by Gasteiger charge is 2.14. The van der Waals surface area contributed by atoms with Gasteiger partial charge in [-0.3, -0.25) is 0 Å². The zero-order valence-corrected chi connectivity index (χ0v) is 12.0. The summed E-state index contributed by atoms with van der Waals surface area (Å²) >= 11 is 0. The lowest BCUT2D eigenvalue weighted by Gasteiger charge is -2.11. The van der Waals surface area contributed by atoms with Crippen LogP contribution in [0.5, 0.6) is 0 Å². The molecule has 0 amide bonds. The normalized spacial score (nSPS) is 12.3. The highest BCUT2D eigenvalue weighted by molar-refractivity contribution is 5.46. The highest BCUT2D eigenvalue weighted by atomic mass is 16.5. The fourth-order valence-corrected chi connectivity index (χ4v) is 1.95. The molecule has 5 nitrogen and oxygen atoms in total. The molecule has 0 aliphatic rings. The number of anilines is 1. The number of nitrogens with one attached hydrogen (secondary N) is 1. The Kier molecular flexibility index (Phi) is 5.12. The van der Waals surface area contributed by atoms with Gasteiger partial charge in [-0.05, 0) is 31.0 Å². The van der Waals surface area contributed by atoms with Crippen LogP contribution in [0.25, 0.3) is 0 Å². The van der Waals surface area contributed by atoms with Crippen molar-refractivity contribution in [2.45, 2.75) is 45.8 Å². The fraction of sp³-hybridized carbons (Fsp3) is 0.467. The maximum Gasteiger partial charge on any atom is 0.248 e. The summed E-state index contributed by atoms with van der Waals surface area (Å²) in [5, 5.41) is 16.4. The number of rotatable bonds is 7. The van der Waals surface area contributed by atoms with Crippen LogP contribution in [0.2, 0.25) is 0 Å². The molecule has 0 saturated heterocycles. The molecule has 0 bridgehead atoms. The van der Waals surface area contributed by atoms with Crippen LogP contribution >= 0.6 is 0 Å². The van der Waals surface area contributed by atoms with E-state index in [0.29, 0.717) is 5.89 Å². The van der Waals surface area contributed by atoms with Gasteiger partial charge < -0.3 is 14.9 Å². The Bertz CT molecular complexity index is 539. The first-order valence-electron chi connectivity index (χ1n) is 7.01. The van der Waals surface area contributed by atoms with Gasteiger partial charge in [-0.2, -0.15) is 4.98 Å². The maximum atomic E-state index is 9.13. The molecule has 0 aliphatic heterocycles. The largest absolute Gasteiger partial charge is 0.392 e. The van der Waals surface area contributed by atoms with Gasteiger partial charge in [-0.15, -0.1) is 0 Å². The molecule has 0 radical (unpaired) electrons. The summed E-state index contributed by atoms with van der Waals surface area (Å²) in [6, 6.07) is 7.58. The van der Waals surface area contributed by atoms with E-state index in [-0.39, 0.29) is 12.6 Å². The van der Waals surface area contributed by atoms with Crippen LogP contribution in [0.4, 0.5) is 5.69 Å². The molecule has 5 heteroatoms. The summed E-state index contributed by atoms with van der Waals surface area (Å²) in [5.41, 5.74) is 1.80. The molecule has 1 atom stereocenters. The highest BCUT2D eigenvalue weighted by Crippen LogP contribution is 2.19. The second-order valence-electron chi connectivity index (χ2n) is 4.88. The molecule has 20 heavy (non-hydrogen) atoms. The summed E-state index contributed by atoms with van der Waals surface area (Å²) in [7, 11) is 0. The van der Waals surface area contributed by atoms with Crippen LogP contribution < -0.4 is 5.32 Å². The van der Waals surface area contributed by atoms with Crippen molar-refractivity contribution >= 4 is 5.69 Å². The first-order valence-corrected chi connectivity index (χ1v) is 7.01. The van der Waals surface area contributed by atoms with Crippen molar-refractivity contribution in [3.05, 3.63) is 41.5 Å². The third-order valence-electron chi connectivity index (χ3n) is 3.10. The van der Waals surface area contributed by atoms with Crippen molar-refractivity contribution in [1.82, 2.24) is 10.1 Å². The molecule has 1 heterocycles. The van der Waals surface area contributed by atoms with Gasteiger partial charge >= 0.3 is 0 Å². The van der Waals surface area contributed by atoms with Crippen LogP contribution in [0, 0.1) is 0 Å². The van der Waals surface area contributed by atoms with E-state index in [1.165, 1.54) is 0 Å². The zero-order chi connectivity index (χ0) is 14.4. The maximum absolute atomic E-state index is 9.13. The molecule has 1 unspecified atom stereocenters. The van der Waals surface area contributed by atoms with Gasteiger partial charge in [-0.25, -0.2) is 0 Å². The second kappa shape index (κ2) is 7.05. The number of hydrogen-bond acceptors (Lipinski definition) is 5. The molecule has 0 spiro atoms. The molecule has 0 aliphatic carbocycles. The molecule has 0 fully saturated rings. The zero-order valence-electron chi connectivity index (χ0n) is 12.0. The molecular weight excluding hydrogens is 254 g/mol. The summed E-state index contributed by atoms with van der Waals surface area (Å²) in [4.78, 5) is 4.40. The van der Waals surface area contributed by atoms with E-state index in [1.807, 2.05) is 31.2 Å². The van der Waals surface area contributed by atoms with E-state index in [0.717, 1.165) is 36.3 Å². The molecule has 2 N–H and O–H groups in total. The average Bonchev–Trinajstić information content (AvgIpc) is 2.94. The Hall–Kier alpha value is -1.88. The lowest BCUT2D eigenvalue weighted by Crippen LogP contribution is -2.07. The Labute approximate surface area is 119 Å². The van der Waals surface area contributed by atoms with E-state index in [4.69, 9.17) is 9.63 Å². The fourth-order valence-electron chi connectivity index (χ4n) is 1.95. The molecular formula is C15H21N3O2. The van der Waals surface area contributed by atoms with Gasteiger partial charge in [0.25, 0.3) is 0 Å². The number of aliphatic hydroxyl groups is 1. The van der Waals surface area contributed by atoms with E-state index in [9.17, 15) is 0 Å². The van der Waals surface area contributed by atoms with E-state index in [1.54, 1.807) is 0 Å². The van der Waals surface area contributed by atoms with Crippen molar-refractivity contribution in [2.24, 2.45) is 0 Å². The van der Waals surface area contributed by atoms with Crippen LogP contribution in [0.15, 0.2) is 28.8 Å². The summed E-state index contributed by atoms with van der Waals surface area (Å²) < 4.78 is 5.28. The van der Waals surface area contributed by atoms with Gasteiger partial charge in [0.05, 0.1) is 6.61 Å². The monoisotopic (exact) mass is 275 g/mol. The third kappa shape index (κ3) is 3.81. The number of aryl methyl sites for hydroxylation is 1. The minimum Gasteiger partial charge on any atom is -0.392 e. The van der Waals surface area contributed by atoms with Gasteiger partial charge in [0.2, 0.25) is 5.89 Å². The number of aromatic nitrogens is 2. The van der Waals surface area contributed by atoms with Crippen molar-refractivity contribution in [2.75, 3.05) is 5.32 Å². The molecule has 2 aromatic rings. The molecule has 2 rings (SSSR count). The average molecular weight is 275 g/mol. The topological polar surface area (TPSA) is 71.2 Å². The van der Waals surface area contributed by atoms with Crippen LogP contribution in [0.3, 0.4) is 0 Å². The molecule has 1 aromatic carbocycles. The molecule has 0 saturated carbocycles. The Morgan fingerprint density at radius 2 is 2.25 bits per heavy atom. The predicted molar refractivity (Wildman–Crippen MR) is 77.3 cm³/mol. The molecule has 1 aromatic heterocycles. The Balaban J connectivity index is 1.99. The summed E-state index contributed by atoms with van der Waals surface area (Å²) in [5.74, 6) is 1.35. The number of nitrogens with zero attached hydrogens (tertiary/aromatic N) is 2. The minimum atomic E-state index is -0.0631. The number of benzene rings is 1. The minimum absolute atomic E-state index is 0.0334. The number of hydrogen-bond donors (Lipinski definition) is 2. The first kappa shape index (κ1) is 14.5.